The maximum absolute atomic E-state index is 12.9. The van der Waals surface area contributed by atoms with Crippen molar-refractivity contribution in [2.24, 2.45) is 5.92 Å². The molecule has 2 saturated heterocycles. The summed E-state index contributed by atoms with van der Waals surface area (Å²) in [5.41, 5.74) is 1.27. The van der Waals surface area contributed by atoms with Crippen molar-refractivity contribution >= 4 is 34.0 Å². The molecule has 7 nitrogen and oxygen atoms in total. The predicted molar refractivity (Wildman–Crippen MR) is 114 cm³/mol. The number of piperidine rings is 1. The van der Waals surface area contributed by atoms with Crippen molar-refractivity contribution in [3.05, 3.63) is 23.8 Å². The van der Waals surface area contributed by atoms with Gasteiger partial charge in [-0.2, -0.15) is 0 Å². The molecule has 2 aliphatic heterocycles. The fourth-order valence-corrected chi connectivity index (χ4v) is 4.66. The zero-order valence-corrected chi connectivity index (χ0v) is 18.2. The van der Waals surface area contributed by atoms with Crippen molar-refractivity contribution in [2.45, 2.75) is 30.6 Å². The number of carbonyl (C=O) groups is 1. The van der Waals surface area contributed by atoms with E-state index < -0.39 is 10.0 Å². The Morgan fingerprint density at radius 2 is 1.96 bits per heavy atom. The van der Waals surface area contributed by atoms with Gasteiger partial charge in [-0.1, -0.05) is 0 Å². The summed E-state index contributed by atoms with van der Waals surface area (Å²) in [7, 11) is -0.585. The molecule has 2 N–H and O–H groups in total. The van der Waals surface area contributed by atoms with Gasteiger partial charge < -0.3 is 15.5 Å². The van der Waals surface area contributed by atoms with Crippen LogP contribution in [0.25, 0.3) is 0 Å². The summed E-state index contributed by atoms with van der Waals surface area (Å²) in [5, 5.41) is 6.38. The van der Waals surface area contributed by atoms with Crippen molar-refractivity contribution in [3.8, 4) is 0 Å². The third kappa shape index (κ3) is 5.17. The molecule has 0 aliphatic carbocycles. The number of hydrogen-bond donors (Lipinski definition) is 2. The van der Waals surface area contributed by atoms with Crippen LogP contribution in [0.1, 0.15) is 36.0 Å². The zero-order valence-electron chi connectivity index (χ0n) is 16.6. The van der Waals surface area contributed by atoms with Gasteiger partial charge in [0.05, 0.1) is 10.5 Å². The first-order valence-corrected chi connectivity index (χ1v) is 11.1. The minimum atomic E-state index is -3.58. The van der Waals surface area contributed by atoms with Crippen molar-refractivity contribution < 1.29 is 13.2 Å². The first-order chi connectivity index (χ1) is 12.9. The standard InChI is InChI=1S/C19H30N4O3S.ClH/c1-22(2)27(25,26)16-7-8-18(23-10-3-4-11-23)17(12-16)19(24)21-14-15-6-5-9-20-13-15;/h7-8,12,15,20H,3-6,9-11,13-14H2,1-2H3,(H,21,24);1H. The highest BCUT2D eigenvalue weighted by molar-refractivity contribution is 7.89. The van der Waals surface area contributed by atoms with Crippen LogP contribution in [0.5, 0.6) is 0 Å². The Labute approximate surface area is 174 Å². The molecule has 2 fully saturated rings. The van der Waals surface area contributed by atoms with Gasteiger partial charge in [0.1, 0.15) is 0 Å². The minimum absolute atomic E-state index is 0. The SMILES string of the molecule is CN(C)S(=O)(=O)c1ccc(N2CCCC2)c(C(=O)NCC2CCCNC2)c1.Cl. The molecule has 158 valence electrons. The third-order valence-electron chi connectivity index (χ3n) is 5.39. The molecule has 3 rings (SSSR count). The smallest absolute Gasteiger partial charge is 0.253 e. The maximum Gasteiger partial charge on any atom is 0.253 e. The van der Waals surface area contributed by atoms with Gasteiger partial charge in [-0.15, -0.1) is 12.4 Å². The average molecular weight is 431 g/mol. The van der Waals surface area contributed by atoms with Crippen LogP contribution in [-0.4, -0.2) is 65.4 Å². The fraction of sp³-hybridized carbons (Fsp3) is 0.632. The summed E-state index contributed by atoms with van der Waals surface area (Å²) in [6.45, 7) is 4.34. The summed E-state index contributed by atoms with van der Waals surface area (Å²) in [6.07, 6.45) is 4.40. The molecule has 0 spiro atoms. The van der Waals surface area contributed by atoms with Gasteiger partial charge in [0.15, 0.2) is 0 Å². The van der Waals surface area contributed by atoms with E-state index in [1.165, 1.54) is 24.5 Å². The molecule has 0 bridgehead atoms. The Balaban J connectivity index is 0.00000280. The van der Waals surface area contributed by atoms with E-state index in [-0.39, 0.29) is 23.2 Å². The number of carbonyl (C=O) groups excluding carboxylic acids is 1. The average Bonchev–Trinajstić information content (AvgIpc) is 3.21. The van der Waals surface area contributed by atoms with Gasteiger partial charge in [0.25, 0.3) is 5.91 Å². The lowest BCUT2D eigenvalue weighted by Crippen LogP contribution is -2.38. The van der Waals surface area contributed by atoms with Crippen LogP contribution in [0.4, 0.5) is 5.69 Å². The van der Waals surface area contributed by atoms with Crippen LogP contribution in [0.3, 0.4) is 0 Å². The lowest BCUT2D eigenvalue weighted by molar-refractivity contribution is 0.0945. The lowest BCUT2D eigenvalue weighted by Gasteiger charge is -2.25. The molecular weight excluding hydrogens is 400 g/mol. The third-order valence-corrected chi connectivity index (χ3v) is 7.20. The normalized spacial score (nSPS) is 20.1. The monoisotopic (exact) mass is 430 g/mol. The second-order valence-corrected chi connectivity index (χ2v) is 9.73. The molecule has 1 amide bonds. The minimum Gasteiger partial charge on any atom is -0.371 e. The zero-order chi connectivity index (χ0) is 19.4. The summed E-state index contributed by atoms with van der Waals surface area (Å²) < 4.78 is 26.2. The topological polar surface area (TPSA) is 81.8 Å². The highest BCUT2D eigenvalue weighted by Gasteiger charge is 2.25. The Bertz CT molecular complexity index is 773. The number of hydrogen-bond acceptors (Lipinski definition) is 5. The second kappa shape index (κ2) is 9.91. The van der Waals surface area contributed by atoms with Crippen LogP contribution in [-0.2, 0) is 10.0 Å². The highest BCUT2D eigenvalue weighted by atomic mass is 35.5. The largest absolute Gasteiger partial charge is 0.371 e. The van der Waals surface area contributed by atoms with Gasteiger partial charge in [-0.25, -0.2) is 12.7 Å². The van der Waals surface area contributed by atoms with E-state index in [0.717, 1.165) is 57.5 Å². The molecule has 9 heteroatoms. The number of sulfonamides is 1. The van der Waals surface area contributed by atoms with Crippen LogP contribution < -0.4 is 15.5 Å². The summed E-state index contributed by atoms with van der Waals surface area (Å²) in [5.74, 6) is 0.227. The van der Waals surface area contributed by atoms with E-state index in [2.05, 4.69) is 15.5 Å². The number of nitrogens with one attached hydrogen (secondary N) is 2. The Morgan fingerprint density at radius 3 is 2.57 bits per heavy atom. The van der Waals surface area contributed by atoms with Crippen molar-refractivity contribution in [1.82, 2.24) is 14.9 Å². The molecule has 2 heterocycles. The van der Waals surface area contributed by atoms with E-state index >= 15 is 0 Å². The molecule has 1 aromatic carbocycles. The number of nitrogens with zero attached hydrogens (tertiary/aromatic N) is 2. The number of halogens is 1. The van der Waals surface area contributed by atoms with Gasteiger partial charge in [-0.3, -0.25) is 4.79 Å². The van der Waals surface area contributed by atoms with Crippen LogP contribution in [0, 0.1) is 5.92 Å². The maximum atomic E-state index is 12.9. The number of amides is 1. The van der Waals surface area contributed by atoms with Gasteiger partial charge in [-0.05, 0) is 62.9 Å². The van der Waals surface area contributed by atoms with E-state index in [1.807, 2.05) is 0 Å². The first-order valence-electron chi connectivity index (χ1n) is 9.70. The second-order valence-electron chi connectivity index (χ2n) is 7.58. The van der Waals surface area contributed by atoms with Crippen molar-refractivity contribution in [1.29, 1.82) is 0 Å². The fourth-order valence-electron chi connectivity index (χ4n) is 3.73. The van der Waals surface area contributed by atoms with Gasteiger partial charge in [0, 0.05) is 39.4 Å². The van der Waals surface area contributed by atoms with Crippen molar-refractivity contribution in [2.75, 3.05) is 51.7 Å². The van der Waals surface area contributed by atoms with E-state index in [0.29, 0.717) is 18.0 Å². The highest BCUT2D eigenvalue weighted by Crippen LogP contribution is 2.28. The Hall–Kier alpha value is -1.35. The molecule has 0 aromatic heterocycles. The molecule has 28 heavy (non-hydrogen) atoms. The lowest BCUT2D eigenvalue weighted by atomic mass is 9.99. The summed E-state index contributed by atoms with van der Waals surface area (Å²) >= 11 is 0. The van der Waals surface area contributed by atoms with Crippen LogP contribution in [0.15, 0.2) is 23.1 Å². The van der Waals surface area contributed by atoms with E-state index in [4.69, 9.17) is 0 Å². The van der Waals surface area contributed by atoms with Gasteiger partial charge >= 0.3 is 0 Å². The molecule has 0 saturated carbocycles. The predicted octanol–water partition coefficient (Wildman–Crippen LogP) is 1.69. The van der Waals surface area contributed by atoms with Crippen molar-refractivity contribution in [3.63, 3.8) is 0 Å². The van der Waals surface area contributed by atoms with Gasteiger partial charge in [0.2, 0.25) is 10.0 Å². The Kier molecular flexibility index (Phi) is 8.12. The molecule has 1 unspecified atom stereocenters. The molecule has 1 aromatic rings. The summed E-state index contributed by atoms with van der Waals surface area (Å²) in [6, 6.07) is 4.90. The quantitative estimate of drug-likeness (QED) is 0.717. The molecular formula is C19H31ClN4O3S. The first kappa shape index (κ1) is 22.9. The van der Waals surface area contributed by atoms with E-state index in [9.17, 15) is 13.2 Å². The molecule has 1 atom stereocenters. The number of anilines is 1. The van der Waals surface area contributed by atoms with E-state index in [1.54, 1.807) is 12.1 Å². The molecule has 2 aliphatic rings. The Morgan fingerprint density at radius 1 is 1.25 bits per heavy atom. The molecule has 0 radical (unpaired) electrons. The number of rotatable bonds is 6. The van der Waals surface area contributed by atoms with Crippen LogP contribution >= 0.6 is 12.4 Å². The summed E-state index contributed by atoms with van der Waals surface area (Å²) in [4.78, 5) is 15.3. The van der Waals surface area contributed by atoms with Crippen LogP contribution in [0.2, 0.25) is 0 Å². The number of benzene rings is 1.